The normalized spacial score (nSPS) is 11.6. The fourth-order valence-electron chi connectivity index (χ4n) is 1.49. The summed E-state index contributed by atoms with van der Waals surface area (Å²) in [6, 6.07) is 1.84. The minimum atomic E-state index is -4.70. The molecule has 7 heteroatoms. The molecule has 0 atom stereocenters. The van der Waals surface area contributed by atoms with Crippen LogP contribution >= 0.6 is 11.6 Å². The van der Waals surface area contributed by atoms with Crippen LogP contribution in [0.4, 0.5) is 13.2 Å². The van der Waals surface area contributed by atoms with Gasteiger partial charge in [-0.2, -0.15) is 13.2 Å². The Balaban J connectivity index is 2.99. The SMILES string of the molecule is O=C(O)CCCc1cc(Cl)cc(C(F)(F)F)c1O. The Morgan fingerprint density at radius 3 is 2.44 bits per heavy atom. The molecule has 0 unspecified atom stereocenters. The first-order chi connectivity index (χ1) is 8.21. The summed E-state index contributed by atoms with van der Waals surface area (Å²) in [6.07, 6.45) is -4.74. The number of benzene rings is 1. The van der Waals surface area contributed by atoms with E-state index in [4.69, 9.17) is 16.7 Å². The van der Waals surface area contributed by atoms with Gasteiger partial charge in [0, 0.05) is 11.4 Å². The third-order valence-electron chi connectivity index (χ3n) is 2.30. The van der Waals surface area contributed by atoms with Gasteiger partial charge in [0.1, 0.15) is 5.75 Å². The zero-order valence-corrected chi connectivity index (χ0v) is 9.85. The van der Waals surface area contributed by atoms with E-state index in [-0.39, 0.29) is 29.8 Å². The van der Waals surface area contributed by atoms with Gasteiger partial charge >= 0.3 is 12.1 Å². The molecule has 1 aromatic rings. The molecule has 0 aromatic heterocycles. The van der Waals surface area contributed by atoms with Crippen LogP contribution in [0, 0.1) is 0 Å². The molecule has 0 amide bonds. The highest BCUT2D eigenvalue weighted by molar-refractivity contribution is 6.30. The van der Waals surface area contributed by atoms with E-state index in [9.17, 15) is 23.1 Å². The van der Waals surface area contributed by atoms with Gasteiger partial charge in [0.05, 0.1) is 5.56 Å². The number of carboxylic acids is 1. The number of alkyl halides is 3. The van der Waals surface area contributed by atoms with E-state index >= 15 is 0 Å². The first-order valence-corrected chi connectivity index (χ1v) is 5.40. The van der Waals surface area contributed by atoms with Crippen molar-refractivity contribution in [2.75, 3.05) is 0 Å². The number of hydrogen-bond acceptors (Lipinski definition) is 2. The molecule has 0 heterocycles. The molecule has 1 aromatic carbocycles. The van der Waals surface area contributed by atoms with Crippen molar-refractivity contribution in [2.45, 2.75) is 25.4 Å². The Kier molecular flexibility index (Phi) is 4.45. The summed E-state index contributed by atoms with van der Waals surface area (Å²) in [5, 5.41) is 17.8. The van der Waals surface area contributed by atoms with Gasteiger partial charge < -0.3 is 10.2 Å². The van der Waals surface area contributed by atoms with Gasteiger partial charge in [0.2, 0.25) is 0 Å². The van der Waals surface area contributed by atoms with Crippen molar-refractivity contribution < 1.29 is 28.2 Å². The van der Waals surface area contributed by atoms with Crippen LogP contribution in [0.25, 0.3) is 0 Å². The molecule has 0 bridgehead atoms. The molecule has 0 fully saturated rings. The number of aryl methyl sites for hydroxylation is 1. The maximum atomic E-state index is 12.5. The highest BCUT2D eigenvalue weighted by atomic mass is 35.5. The summed E-state index contributed by atoms with van der Waals surface area (Å²) in [4.78, 5) is 10.3. The molecule has 0 spiro atoms. The maximum absolute atomic E-state index is 12.5. The minimum absolute atomic E-state index is 0.00363. The molecule has 2 N–H and O–H groups in total. The van der Waals surface area contributed by atoms with Crippen molar-refractivity contribution in [3.8, 4) is 5.75 Å². The predicted octanol–water partition coefficient (Wildman–Crippen LogP) is 3.47. The van der Waals surface area contributed by atoms with Crippen molar-refractivity contribution in [3.05, 3.63) is 28.3 Å². The summed E-state index contributed by atoms with van der Waals surface area (Å²) in [7, 11) is 0. The number of aliphatic carboxylic acids is 1. The van der Waals surface area contributed by atoms with Crippen LogP contribution in [0.15, 0.2) is 12.1 Å². The molecular formula is C11H10ClF3O3. The number of phenols is 1. The van der Waals surface area contributed by atoms with Crippen LogP contribution in [0.2, 0.25) is 5.02 Å². The van der Waals surface area contributed by atoms with Gasteiger partial charge in [-0.25, -0.2) is 0 Å². The average molecular weight is 283 g/mol. The quantitative estimate of drug-likeness (QED) is 0.889. The van der Waals surface area contributed by atoms with Crippen molar-refractivity contribution in [2.24, 2.45) is 0 Å². The van der Waals surface area contributed by atoms with Crippen LogP contribution in [-0.4, -0.2) is 16.2 Å². The Hall–Kier alpha value is -1.43. The maximum Gasteiger partial charge on any atom is 0.420 e. The highest BCUT2D eigenvalue weighted by Gasteiger charge is 2.35. The molecule has 0 saturated carbocycles. The number of carboxylic acid groups (broad SMARTS) is 1. The number of halogens is 4. The summed E-state index contributed by atoms with van der Waals surface area (Å²) in [5.74, 6) is -1.94. The second-order valence-electron chi connectivity index (χ2n) is 3.71. The third kappa shape index (κ3) is 3.80. The van der Waals surface area contributed by atoms with Crippen LogP contribution in [-0.2, 0) is 17.4 Å². The fourth-order valence-corrected chi connectivity index (χ4v) is 1.73. The minimum Gasteiger partial charge on any atom is -0.507 e. The molecule has 0 saturated heterocycles. The Morgan fingerprint density at radius 1 is 1.33 bits per heavy atom. The largest absolute Gasteiger partial charge is 0.507 e. The van der Waals surface area contributed by atoms with Crippen molar-refractivity contribution in [1.82, 2.24) is 0 Å². The molecule has 0 aliphatic carbocycles. The first-order valence-electron chi connectivity index (χ1n) is 5.02. The lowest BCUT2D eigenvalue weighted by molar-refractivity contribution is -0.139. The standard InChI is InChI=1S/C11H10ClF3O3/c12-7-4-6(2-1-3-9(16)17)10(18)8(5-7)11(13,14)15/h4-5,18H,1-3H2,(H,16,17). The fraction of sp³-hybridized carbons (Fsp3) is 0.364. The molecule has 0 radical (unpaired) electrons. The van der Waals surface area contributed by atoms with Crippen molar-refractivity contribution >= 4 is 17.6 Å². The number of rotatable bonds is 4. The average Bonchev–Trinajstić information content (AvgIpc) is 2.20. The first kappa shape index (κ1) is 14.6. The molecule has 1 rings (SSSR count). The van der Waals surface area contributed by atoms with Crippen LogP contribution < -0.4 is 0 Å². The highest BCUT2D eigenvalue weighted by Crippen LogP contribution is 2.39. The van der Waals surface area contributed by atoms with E-state index in [1.807, 2.05) is 0 Å². The molecular weight excluding hydrogens is 273 g/mol. The Bertz CT molecular complexity index is 458. The number of carbonyl (C=O) groups is 1. The summed E-state index contributed by atoms with van der Waals surface area (Å²) in [6.45, 7) is 0. The Morgan fingerprint density at radius 2 is 1.94 bits per heavy atom. The lowest BCUT2D eigenvalue weighted by Gasteiger charge is -2.13. The van der Waals surface area contributed by atoms with E-state index in [1.54, 1.807) is 0 Å². The topological polar surface area (TPSA) is 57.5 Å². The smallest absolute Gasteiger partial charge is 0.420 e. The van der Waals surface area contributed by atoms with Crippen molar-refractivity contribution in [3.63, 3.8) is 0 Å². The number of aromatic hydroxyl groups is 1. The van der Waals surface area contributed by atoms with Crippen LogP contribution in [0.3, 0.4) is 0 Å². The van der Waals surface area contributed by atoms with E-state index < -0.39 is 23.5 Å². The zero-order chi connectivity index (χ0) is 13.9. The molecule has 0 aliphatic rings. The van der Waals surface area contributed by atoms with E-state index in [0.29, 0.717) is 6.07 Å². The third-order valence-corrected chi connectivity index (χ3v) is 2.51. The zero-order valence-electron chi connectivity index (χ0n) is 9.09. The molecule has 0 aliphatic heterocycles. The number of phenolic OH excluding ortho intramolecular Hbond substituents is 1. The Labute approximate surface area is 106 Å². The van der Waals surface area contributed by atoms with Gasteiger partial charge in [-0.15, -0.1) is 0 Å². The van der Waals surface area contributed by atoms with E-state index in [1.165, 1.54) is 6.07 Å². The lowest BCUT2D eigenvalue weighted by Crippen LogP contribution is -2.07. The molecule has 3 nitrogen and oxygen atoms in total. The van der Waals surface area contributed by atoms with E-state index in [2.05, 4.69) is 0 Å². The monoisotopic (exact) mass is 282 g/mol. The second-order valence-corrected chi connectivity index (χ2v) is 4.14. The second kappa shape index (κ2) is 5.48. The molecule has 18 heavy (non-hydrogen) atoms. The van der Waals surface area contributed by atoms with Gasteiger partial charge in [0.15, 0.2) is 0 Å². The van der Waals surface area contributed by atoms with Gasteiger partial charge in [-0.1, -0.05) is 11.6 Å². The predicted molar refractivity (Wildman–Crippen MR) is 58.7 cm³/mol. The van der Waals surface area contributed by atoms with Gasteiger partial charge in [-0.3, -0.25) is 4.79 Å². The van der Waals surface area contributed by atoms with E-state index in [0.717, 1.165) is 0 Å². The summed E-state index contributed by atoms with van der Waals surface area (Å²) < 4.78 is 37.6. The molecule has 100 valence electrons. The van der Waals surface area contributed by atoms with Crippen LogP contribution in [0.1, 0.15) is 24.0 Å². The van der Waals surface area contributed by atoms with Gasteiger partial charge in [-0.05, 0) is 30.5 Å². The number of hydrogen-bond donors (Lipinski definition) is 2. The summed E-state index contributed by atoms with van der Waals surface area (Å²) >= 11 is 5.54. The summed E-state index contributed by atoms with van der Waals surface area (Å²) in [5.41, 5.74) is -1.21. The van der Waals surface area contributed by atoms with Crippen molar-refractivity contribution in [1.29, 1.82) is 0 Å². The lowest BCUT2D eigenvalue weighted by atomic mass is 10.0. The van der Waals surface area contributed by atoms with Gasteiger partial charge in [0.25, 0.3) is 0 Å². The van der Waals surface area contributed by atoms with Crippen LogP contribution in [0.5, 0.6) is 5.75 Å².